The number of anilines is 2. The lowest BCUT2D eigenvalue weighted by Crippen LogP contribution is -2.53. The smallest absolute Gasteiger partial charge is 0.404 e. The zero-order chi connectivity index (χ0) is 31.6. The molecular weight excluding hydrogens is 573 g/mol. The second-order valence-electron chi connectivity index (χ2n) is 10.2. The lowest BCUT2D eigenvalue weighted by atomic mass is 10.0. The number of rotatable bonds is 13. The normalized spacial score (nSPS) is 12.4. The first-order valence-corrected chi connectivity index (χ1v) is 14.9. The van der Waals surface area contributed by atoms with Gasteiger partial charge in [-0.25, -0.2) is 4.57 Å². The van der Waals surface area contributed by atoms with Crippen molar-refractivity contribution < 1.29 is 33.3 Å². The van der Waals surface area contributed by atoms with Crippen LogP contribution >= 0.6 is 7.82 Å². The van der Waals surface area contributed by atoms with Gasteiger partial charge < -0.3 is 25.8 Å². The number of phosphoric ester groups is 1. The summed E-state index contributed by atoms with van der Waals surface area (Å²) >= 11 is 0. The van der Waals surface area contributed by atoms with Crippen molar-refractivity contribution >= 4 is 36.9 Å². The Balaban J connectivity index is 1.84. The molecule has 3 aromatic rings. The molecule has 6 N–H and O–H groups in total. The molecule has 0 saturated heterocycles. The molecule has 0 radical (unpaired) electrons. The molecule has 2 atom stereocenters. The summed E-state index contributed by atoms with van der Waals surface area (Å²) in [7, 11) is -3.00. The molecule has 0 aliphatic heterocycles. The Labute approximate surface area is 249 Å². The van der Waals surface area contributed by atoms with Crippen molar-refractivity contribution in [1.82, 2.24) is 10.6 Å². The van der Waals surface area contributed by atoms with E-state index in [0.717, 1.165) is 5.69 Å². The predicted molar refractivity (Wildman–Crippen MR) is 161 cm³/mol. The highest BCUT2D eigenvalue weighted by molar-refractivity contribution is 7.46. The van der Waals surface area contributed by atoms with Gasteiger partial charge in [-0.1, -0.05) is 32.0 Å². The molecule has 13 heteroatoms. The van der Waals surface area contributed by atoms with Crippen LogP contribution in [0.15, 0.2) is 72.8 Å². The number of hydrogen-bond acceptors (Lipinski definition) is 7. The average Bonchev–Trinajstić information content (AvgIpc) is 2.96. The van der Waals surface area contributed by atoms with Crippen LogP contribution in [0.1, 0.15) is 41.8 Å². The molecule has 2 unspecified atom stereocenters. The van der Waals surface area contributed by atoms with Gasteiger partial charge in [-0.15, -0.1) is 0 Å². The average molecular weight is 608 g/mol. The minimum Gasteiger partial charge on any atom is -0.404 e. The van der Waals surface area contributed by atoms with Crippen LogP contribution in [0.3, 0.4) is 0 Å². The quantitative estimate of drug-likeness (QED) is 0.158. The lowest BCUT2D eigenvalue weighted by Gasteiger charge is -2.24. The number of phosphoric acid groups is 1. The van der Waals surface area contributed by atoms with E-state index in [1.165, 1.54) is 48.5 Å². The van der Waals surface area contributed by atoms with Gasteiger partial charge in [0.05, 0.1) is 11.6 Å². The molecule has 226 valence electrons. The Hall–Kier alpha value is -4.69. The predicted octanol–water partition coefficient (Wildman–Crippen LogP) is 3.58. The topological polar surface area (TPSA) is 190 Å². The van der Waals surface area contributed by atoms with E-state index in [-0.39, 0.29) is 23.7 Å². The van der Waals surface area contributed by atoms with Crippen molar-refractivity contribution in [3.05, 3.63) is 89.5 Å². The van der Waals surface area contributed by atoms with E-state index in [1.807, 2.05) is 26.0 Å². The van der Waals surface area contributed by atoms with E-state index in [0.29, 0.717) is 23.2 Å². The maximum absolute atomic E-state index is 13.6. The largest absolute Gasteiger partial charge is 0.524 e. The van der Waals surface area contributed by atoms with Gasteiger partial charge in [-0.2, -0.15) is 5.26 Å². The Morgan fingerprint density at radius 3 is 2.14 bits per heavy atom. The molecule has 3 aromatic carbocycles. The maximum atomic E-state index is 13.6. The van der Waals surface area contributed by atoms with Gasteiger partial charge in [0, 0.05) is 30.4 Å². The Morgan fingerprint density at radius 2 is 1.56 bits per heavy atom. The second kappa shape index (κ2) is 15.0. The van der Waals surface area contributed by atoms with Gasteiger partial charge in [0.2, 0.25) is 11.8 Å². The van der Waals surface area contributed by atoms with E-state index in [1.54, 1.807) is 25.2 Å². The van der Waals surface area contributed by atoms with Crippen LogP contribution in [0.4, 0.5) is 11.4 Å². The van der Waals surface area contributed by atoms with Gasteiger partial charge in [-0.05, 0) is 72.5 Å². The summed E-state index contributed by atoms with van der Waals surface area (Å²) in [4.78, 5) is 58.1. The first kappa shape index (κ1) is 32.8. The Bertz CT molecular complexity index is 1520. The third kappa shape index (κ3) is 10.6. The zero-order valence-corrected chi connectivity index (χ0v) is 24.8. The fourth-order valence-electron chi connectivity index (χ4n) is 4.16. The molecule has 0 aromatic heterocycles. The SMILES string of the molecule is CNc1cccc(NC(=O)C(CC(C)C)NC(=O)C(Cc2ccc(OP(=O)(O)O)cc2)NC(=O)c2ccc(C#N)cc2)c1. The summed E-state index contributed by atoms with van der Waals surface area (Å²) in [6.45, 7) is 3.83. The summed E-state index contributed by atoms with van der Waals surface area (Å²) in [5.74, 6) is -1.63. The van der Waals surface area contributed by atoms with E-state index in [2.05, 4.69) is 25.8 Å². The third-order valence-corrected chi connectivity index (χ3v) is 6.69. The highest BCUT2D eigenvalue weighted by Gasteiger charge is 2.28. The van der Waals surface area contributed by atoms with Gasteiger partial charge in [-0.3, -0.25) is 24.2 Å². The zero-order valence-electron chi connectivity index (χ0n) is 23.9. The number of carbonyl (C=O) groups excluding carboxylic acids is 3. The van der Waals surface area contributed by atoms with Crippen molar-refractivity contribution in [3.63, 3.8) is 0 Å². The van der Waals surface area contributed by atoms with Crippen LogP contribution in [0.5, 0.6) is 5.75 Å². The Kier molecular flexibility index (Phi) is 11.4. The number of carbonyl (C=O) groups is 3. The summed E-state index contributed by atoms with van der Waals surface area (Å²) < 4.78 is 15.7. The van der Waals surface area contributed by atoms with Gasteiger partial charge in [0.1, 0.15) is 17.8 Å². The molecule has 3 rings (SSSR count). The summed E-state index contributed by atoms with van der Waals surface area (Å²) in [6, 6.07) is 18.6. The highest BCUT2D eigenvalue weighted by Crippen LogP contribution is 2.37. The van der Waals surface area contributed by atoms with Crippen LogP contribution < -0.4 is 25.8 Å². The molecule has 12 nitrogen and oxygen atoms in total. The molecule has 0 aliphatic carbocycles. The number of nitriles is 1. The number of nitrogens with zero attached hydrogens (tertiary/aromatic N) is 1. The molecule has 3 amide bonds. The van der Waals surface area contributed by atoms with Crippen LogP contribution in [0.2, 0.25) is 0 Å². The van der Waals surface area contributed by atoms with Crippen molar-refractivity contribution in [2.24, 2.45) is 5.92 Å². The first-order chi connectivity index (χ1) is 20.4. The fraction of sp³-hybridized carbons (Fsp3) is 0.267. The van der Waals surface area contributed by atoms with Crippen LogP contribution in [0.25, 0.3) is 0 Å². The summed E-state index contributed by atoms with van der Waals surface area (Å²) in [5, 5.41) is 20.4. The second-order valence-corrected chi connectivity index (χ2v) is 11.3. The molecule has 43 heavy (non-hydrogen) atoms. The summed E-state index contributed by atoms with van der Waals surface area (Å²) in [5.41, 5.74) is 2.48. The number of amides is 3. The van der Waals surface area contributed by atoms with Gasteiger partial charge >= 0.3 is 7.82 Å². The van der Waals surface area contributed by atoms with E-state index < -0.39 is 37.6 Å². The molecule has 0 heterocycles. The molecule has 0 spiro atoms. The summed E-state index contributed by atoms with van der Waals surface area (Å²) in [6.07, 6.45) is 0.318. The molecule has 0 saturated carbocycles. The van der Waals surface area contributed by atoms with Crippen molar-refractivity contribution in [2.45, 2.75) is 38.8 Å². The third-order valence-electron chi connectivity index (χ3n) is 6.24. The van der Waals surface area contributed by atoms with Crippen LogP contribution in [-0.2, 0) is 20.6 Å². The van der Waals surface area contributed by atoms with Crippen molar-refractivity contribution in [3.8, 4) is 11.8 Å². The Morgan fingerprint density at radius 1 is 0.907 bits per heavy atom. The van der Waals surface area contributed by atoms with E-state index >= 15 is 0 Å². The number of hydrogen-bond donors (Lipinski definition) is 6. The van der Waals surface area contributed by atoms with E-state index in [9.17, 15) is 18.9 Å². The lowest BCUT2D eigenvalue weighted by molar-refractivity contribution is -0.128. The fourth-order valence-corrected chi connectivity index (χ4v) is 4.56. The van der Waals surface area contributed by atoms with Crippen molar-refractivity contribution in [2.75, 3.05) is 17.7 Å². The molecular formula is C30H34N5O7P. The van der Waals surface area contributed by atoms with Crippen molar-refractivity contribution in [1.29, 1.82) is 5.26 Å². The number of nitrogens with one attached hydrogen (secondary N) is 4. The number of benzene rings is 3. The van der Waals surface area contributed by atoms with E-state index in [4.69, 9.17) is 15.0 Å². The molecule has 0 bridgehead atoms. The standard InChI is InChI=1S/C30H34N5O7P/c1-19(2)15-26(29(37)33-24-6-4-5-23(17-24)32-3)35-30(38)27(34-28(36)22-11-7-21(18-31)8-12-22)16-20-9-13-25(14-10-20)42-43(39,40)41/h4-14,17,19,26-27,32H,15-16H2,1-3H3,(H,33,37)(H,34,36)(H,35,38)(H2,39,40,41). The van der Waals surface area contributed by atoms with Gasteiger partial charge in [0.25, 0.3) is 5.91 Å². The van der Waals surface area contributed by atoms with Crippen LogP contribution in [0, 0.1) is 17.2 Å². The minimum absolute atomic E-state index is 0.00965. The monoisotopic (exact) mass is 607 g/mol. The first-order valence-electron chi connectivity index (χ1n) is 13.4. The minimum atomic E-state index is -4.75. The molecule has 0 aliphatic rings. The highest BCUT2D eigenvalue weighted by atomic mass is 31.2. The molecule has 0 fully saturated rings. The van der Waals surface area contributed by atoms with Crippen LogP contribution in [-0.4, -0.2) is 46.6 Å². The van der Waals surface area contributed by atoms with Gasteiger partial charge in [0.15, 0.2) is 0 Å². The maximum Gasteiger partial charge on any atom is 0.524 e.